The Hall–Kier alpha value is -1.35. The molecule has 0 fully saturated rings. The average molecular weight is 203 g/mol. The molecule has 15 heavy (non-hydrogen) atoms. The van der Waals surface area contributed by atoms with Crippen LogP contribution in [0.4, 0.5) is 0 Å². The van der Waals surface area contributed by atoms with Gasteiger partial charge in [0.15, 0.2) is 0 Å². The normalized spacial score (nSPS) is 11.1. The molecule has 1 N–H and O–H groups in total. The summed E-state index contributed by atoms with van der Waals surface area (Å²) < 4.78 is 2.08. The van der Waals surface area contributed by atoms with Crippen molar-refractivity contribution in [2.45, 2.75) is 19.9 Å². The maximum Gasteiger partial charge on any atom is 0.139 e. The fourth-order valence-electron chi connectivity index (χ4n) is 1.83. The van der Waals surface area contributed by atoms with Crippen molar-refractivity contribution in [3.05, 3.63) is 30.1 Å². The zero-order chi connectivity index (χ0) is 10.7. The first-order valence-electron chi connectivity index (χ1n) is 5.42. The van der Waals surface area contributed by atoms with Crippen molar-refractivity contribution in [2.24, 2.45) is 7.05 Å². The largest absolute Gasteiger partial charge is 0.335 e. The van der Waals surface area contributed by atoms with Crippen LogP contribution in [0.25, 0.3) is 11.0 Å². The lowest BCUT2D eigenvalue weighted by Gasteiger charge is -2.00. The Labute approximate surface area is 90.1 Å². The van der Waals surface area contributed by atoms with Crippen LogP contribution in [0.15, 0.2) is 24.5 Å². The molecule has 2 aromatic heterocycles. The number of nitrogens with zero attached hydrogens (tertiary/aromatic N) is 2. The van der Waals surface area contributed by atoms with Crippen LogP contribution in [-0.4, -0.2) is 16.1 Å². The number of fused-ring (bicyclic) bond motifs is 1. The minimum absolute atomic E-state index is 0.927. The van der Waals surface area contributed by atoms with Crippen LogP contribution < -0.4 is 5.32 Å². The van der Waals surface area contributed by atoms with E-state index in [0.29, 0.717) is 0 Å². The topological polar surface area (TPSA) is 29.9 Å². The van der Waals surface area contributed by atoms with Gasteiger partial charge in [0.05, 0.1) is 0 Å². The zero-order valence-electron chi connectivity index (χ0n) is 9.33. The second-order valence-corrected chi connectivity index (χ2v) is 3.82. The second-order valence-electron chi connectivity index (χ2n) is 3.82. The van der Waals surface area contributed by atoms with Gasteiger partial charge in [-0.05, 0) is 30.7 Å². The van der Waals surface area contributed by atoms with Crippen molar-refractivity contribution >= 4 is 11.0 Å². The minimum atomic E-state index is 0.927. The van der Waals surface area contributed by atoms with Gasteiger partial charge in [0.2, 0.25) is 0 Å². The molecule has 0 saturated carbocycles. The molecule has 0 unspecified atom stereocenters. The highest BCUT2D eigenvalue weighted by Crippen LogP contribution is 2.17. The summed E-state index contributed by atoms with van der Waals surface area (Å²) in [6.07, 6.45) is 5.16. The number of nitrogens with one attached hydrogen (secondary N) is 1. The van der Waals surface area contributed by atoms with Crippen LogP contribution in [0.1, 0.15) is 18.9 Å². The fourth-order valence-corrected chi connectivity index (χ4v) is 1.83. The molecule has 2 rings (SSSR count). The summed E-state index contributed by atoms with van der Waals surface area (Å²) in [5.74, 6) is 0. The molecule has 80 valence electrons. The van der Waals surface area contributed by atoms with Crippen molar-refractivity contribution in [3.63, 3.8) is 0 Å². The van der Waals surface area contributed by atoms with Crippen molar-refractivity contribution in [2.75, 3.05) is 6.54 Å². The molecule has 0 spiro atoms. The monoisotopic (exact) mass is 203 g/mol. The highest BCUT2D eigenvalue weighted by Gasteiger charge is 2.05. The van der Waals surface area contributed by atoms with Gasteiger partial charge in [-0.15, -0.1) is 0 Å². The predicted octanol–water partition coefficient (Wildman–Crippen LogP) is 2.07. The van der Waals surface area contributed by atoms with E-state index in [1.165, 1.54) is 17.4 Å². The average Bonchev–Trinajstić information content (AvgIpc) is 2.58. The fraction of sp³-hybridized carbons (Fsp3) is 0.417. The molecular formula is C12H17N3. The molecule has 0 aliphatic heterocycles. The van der Waals surface area contributed by atoms with E-state index in [9.17, 15) is 0 Å². The van der Waals surface area contributed by atoms with E-state index in [0.717, 1.165) is 18.7 Å². The smallest absolute Gasteiger partial charge is 0.139 e. The van der Waals surface area contributed by atoms with Gasteiger partial charge in [-0.25, -0.2) is 4.98 Å². The molecule has 0 radical (unpaired) electrons. The third-order valence-electron chi connectivity index (χ3n) is 2.56. The van der Waals surface area contributed by atoms with Crippen LogP contribution in [0, 0.1) is 0 Å². The molecule has 0 atom stereocenters. The number of pyridine rings is 1. The van der Waals surface area contributed by atoms with Crippen molar-refractivity contribution in [1.29, 1.82) is 0 Å². The van der Waals surface area contributed by atoms with Crippen molar-refractivity contribution in [1.82, 2.24) is 14.9 Å². The van der Waals surface area contributed by atoms with Gasteiger partial charge in [0.25, 0.3) is 0 Å². The number of hydrogen-bond donors (Lipinski definition) is 1. The molecule has 2 aromatic rings. The number of rotatable bonds is 4. The molecule has 0 bridgehead atoms. The zero-order valence-corrected chi connectivity index (χ0v) is 9.33. The number of aryl methyl sites for hydroxylation is 1. The van der Waals surface area contributed by atoms with Gasteiger partial charge in [0, 0.05) is 31.4 Å². The molecule has 2 heterocycles. The summed E-state index contributed by atoms with van der Waals surface area (Å²) in [6, 6.07) is 4.12. The highest BCUT2D eigenvalue weighted by atomic mass is 15.0. The highest BCUT2D eigenvalue weighted by molar-refractivity contribution is 5.80. The van der Waals surface area contributed by atoms with Crippen LogP contribution in [0.2, 0.25) is 0 Å². The number of aromatic nitrogens is 2. The lowest BCUT2D eigenvalue weighted by atomic mass is 10.2. The van der Waals surface area contributed by atoms with Gasteiger partial charge in [-0.2, -0.15) is 0 Å². The molecule has 3 nitrogen and oxygen atoms in total. The quantitative estimate of drug-likeness (QED) is 0.771. The first-order chi connectivity index (χ1) is 7.33. The predicted molar refractivity (Wildman–Crippen MR) is 62.7 cm³/mol. The third kappa shape index (κ3) is 2.02. The summed E-state index contributed by atoms with van der Waals surface area (Å²) in [7, 11) is 2.04. The van der Waals surface area contributed by atoms with Crippen LogP contribution in [0.3, 0.4) is 0 Å². The van der Waals surface area contributed by atoms with E-state index >= 15 is 0 Å². The molecule has 0 saturated heterocycles. The van der Waals surface area contributed by atoms with Gasteiger partial charge in [0.1, 0.15) is 5.65 Å². The van der Waals surface area contributed by atoms with Crippen LogP contribution >= 0.6 is 0 Å². The molecule has 3 heteroatoms. The Bertz CT molecular complexity index is 445. The summed E-state index contributed by atoms with van der Waals surface area (Å²) in [4.78, 5) is 4.36. The maximum atomic E-state index is 4.36. The Morgan fingerprint density at radius 2 is 2.33 bits per heavy atom. The lowest BCUT2D eigenvalue weighted by Crippen LogP contribution is -2.13. The van der Waals surface area contributed by atoms with Gasteiger partial charge >= 0.3 is 0 Å². The van der Waals surface area contributed by atoms with Crippen LogP contribution in [-0.2, 0) is 13.6 Å². The van der Waals surface area contributed by atoms with Crippen molar-refractivity contribution < 1.29 is 0 Å². The summed E-state index contributed by atoms with van der Waals surface area (Å²) in [5, 5.41) is 4.67. The Morgan fingerprint density at radius 3 is 3.13 bits per heavy atom. The summed E-state index contributed by atoms with van der Waals surface area (Å²) in [6.45, 7) is 4.17. The van der Waals surface area contributed by atoms with Gasteiger partial charge in [-0.3, -0.25) is 0 Å². The van der Waals surface area contributed by atoms with E-state index < -0.39 is 0 Å². The molecule has 0 amide bonds. The third-order valence-corrected chi connectivity index (χ3v) is 2.56. The Morgan fingerprint density at radius 1 is 1.47 bits per heavy atom. The van der Waals surface area contributed by atoms with E-state index in [1.807, 2.05) is 19.3 Å². The van der Waals surface area contributed by atoms with E-state index in [2.05, 4.69) is 34.1 Å². The van der Waals surface area contributed by atoms with E-state index in [-0.39, 0.29) is 0 Å². The Balaban J connectivity index is 2.27. The first-order valence-corrected chi connectivity index (χ1v) is 5.42. The second kappa shape index (κ2) is 4.45. The Kier molecular flexibility index (Phi) is 3.02. The van der Waals surface area contributed by atoms with Gasteiger partial charge in [-0.1, -0.05) is 6.92 Å². The number of hydrogen-bond acceptors (Lipinski definition) is 2. The molecule has 0 aliphatic carbocycles. The summed E-state index contributed by atoms with van der Waals surface area (Å²) in [5.41, 5.74) is 2.39. The molecule has 0 aliphatic rings. The van der Waals surface area contributed by atoms with E-state index in [4.69, 9.17) is 0 Å². The standard InChI is InChI=1S/C12H17N3/c1-3-6-13-8-10-9-15(2)12-11(10)5-4-7-14-12/h4-5,7,9,13H,3,6,8H2,1-2H3. The maximum absolute atomic E-state index is 4.36. The minimum Gasteiger partial charge on any atom is -0.335 e. The summed E-state index contributed by atoms with van der Waals surface area (Å²) >= 11 is 0. The SMILES string of the molecule is CCCNCc1cn(C)c2ncccc12. The van der Waals surface area contributed by atoms with Gasteiger partial charge < -0.3 is 9.88 Å². The van der Waals surface area contributed by atoms with E-state index in [1.54, 1.807) is 0 Å². The molecule has 0 aromatic carbocycles. The first kappa shape index (κ1) is 10.2. The molecular weight excluding hydrogens is 186 g/mol. The lowest BCUT2D eigenvalue weighted by molar-refractivity contribution is 0.676. The van der Waals surface area contributed by atoms with Crippen molar-refractivity contribution in [3.8, 4) is 0 Å². The van der Waals surface area contributed by atoms with Crippen LogP contribution in [0.5, 0.6) is 0 Å².